The van der Waals surface area contributed by atoms with Crippen LogP contribution in [-0.2, 0) is 6.54 Å². The van der Waals surface area contributed by atoms with Crippen molar-refractivity contribution >= 4 is 23.1 Å². The fourth-order valence-electron chi connectivity index (χ4n) is 1.31. The Morgan fingerprint density at radius 3 is 3.21 bits per heavy atom. The summed E-state index contributed by atoms with van der Waals surface area (Å²) in [6.07, 6.45) is 6.88. The predicted molar refractivity (Wildman–Crippen MR) is 64.2 cm³/mol. The number of nitrogens with one attached hydrogen (secondary N) is 1. The largest absolute Gasteiger partial charge is 0.311 e. The summed E-state index contributed by atoms with van der Waals surface area (Å²) >= 11 is 3.76. The first-order chi connectivity index (χ1) is 6.90. The van der Waals surface area contributed by atoms with Crippen LogP contribution in [0.1, 0.15) is 28.6 Å². The maximum absolute atomic E-state index is 4.45. The van der Waals surface area contributed by atoms with Gasteiger partial charge in [0.05, 0.1) is 5.01 Å². The van der Waals surface area contributed by atoms with Gasteiger partial charge in [-0.3, -0.25) is 0 Å². The van der Waals surface area contributed by atoms with E-state index in [1.807, 2.05) is 29.3 Å². The van der Waals surface area contributed by atoms with E-state index in [4.69, 9.17) is 0 Å². The molecule has 1 aliphatic rings. The second-order valence-electron chi connectivity index (χ2n) is 3.61. The van der Waals surface area contributed by atoms with Crippen molar-refractivity contribution < 1.29 is 0 Å². The number of thiazole rings is 1. The number of aromatic nitrogens is 1. The Balaban J connectivity index is 1.72. The van der Waals surface area contributed by atoms with Crippen molar-refractivity contribution in [1.29, 1.82) is 0 Å². The monoisotopic (exact) mass is 228 g/mol. The number of thioether (sulfide) groups is 1. The Morgan fingerprint density at radius 1 is 1.64 bits per heavy atom. The van der Waals surface area contributed by atoms with Gasteiger partial charge in [0.2, 0.25) is 0 Å². The second-order valence-corrected chi connectivity index (χ2v) is 5.74. The summed E-state index contributed by atoms with van der Waals surface area (Å²) in [5.41, 5.74) is 0. The summed E-state index contributed by atoms with van der Waals surface area (Å²) in [5.74, 6) is 1.99. The van der Waals surface area contributed by atoms with Crippen LogP contribution in [0, 0.1) is 0 Å². The minimum atomic E-state index is 0.806. The van der Waals surface area contributed by atoms with Crippen molar-refractivity contribution in [3.05, 3.63) is 16.1 Å². The Labute approximate surface area is 93.5 Å². The zero-order valence-electron chi connectivity index (χ0n) is 8.45. The Bertz CT molecular complexity index is 281. The molecule has 2 nitrogen and oxygen atoms in total. The summed E-state index contributed by atoms with van der Waals surface area (Å²) < 4.78 is 0. The quantitative estimate of drug-likeness (QED) is 0.757. The van der Waals surface area contributed by atoms with E-state index in [9.17, 15) is 0 Å². The first-order valence-corrected chi connectivity index (χ1v) is 7.25. The van der Waals surface area contributed by atoms with Crippen LogP contribution in [0.4, 0.5) is 0 Å². The first-order valence-electron chi connectivity index (χ1n) is 5.04. The highest BCUT2D eigenvalue weighted by Crippen LogP contribution is 2.41. The van der Waals surface area contributed by atoms with Gasteiger partial charge in [-0.25, -0.2) is 4.98 Å². The maximum atomic E-state index is 4.45. The molecule has 0 unspecified atom stereocenters. The molecule has 78 valence electrons. The molecule has 0 aliphatic heterocycles. The SMILES string of the molecule is CSCCNCc1cnc(C2CC2)s1. The molecule has 0 spiro atoms. The fourth-order valence-corrected chi connectivity index (χ4v) is 2.71. The average molecular weight is 228 g/mol. The molecular formula is C10H16N2S2. The topological polar surface area (TPSA) is 24.9 Å². The number of hydrogen-bond acceptors (Lipinski definition) is 4. The van der Waals surface area contributed by atoms with Gasteiger partial charge in [0.25, 0.3) is 0 Å². The number of rotatable bonds is 6. The molecular weight excluding hydrogens is 212 g/mol. The molecule has 1 heterocycles. The van der Waals surface area contributed by atoms with Crippen LogP contribution in [0.5, 0.6) is 0 Å². The lowest BCUT2D eigenvalue weighted by Gasteiger charge is -1.99. The van der Waals surface area contributed by atoms with Gasteiger partial charge in [0.1, 0.15) is 0 Å². The summed E-state index contributed by atoms with van der Waals surface area (Å²) in [5, 5.41) is 4.78. The highest BCUT2D eigenvalue weighted by Gasteiger charge is 2.26. The van der Waals surface area contributed by atoms with Gasteiger partial charge in [-0.2, -0.15) is 11.8 Å². The van der Waals surface area contributed by atoms with Gasteiger partial charge in [0, 0.05) is 35.8 Å². The molecule has 1 aliphatic carbocycles. The Morgan fingerprint density at radius 2 is 2.50 bits per heavy atom. The van der Waals surface area contributed by atoms with Crippen LogP contribution in [0.15, 0.2) is 6.20 Å². The lowest BCUT2D eigenvalue weighted by molar-refractivity contribution is 0.740. The zero-order chi connectivity index (χ0) is 9.80. The van der Waals surface area contributed by atoms with Crippen molar-refractivity contribution in [2.75, 3.05) is 18.6 Å². The van der Waals surface area contributed by atoms with Crippen molar-refractivity contribution in [3.8, 4) is 0 Å². The van der Waals surface area contributed by atoms with E-state index in [2.05, 4.69) is 16.6 Å². The van der Waals surface area contributed by atoms with E-state index in [-0.39, 0.29) is 0 Å². The van der Waals surface area contributed by atoms with Gasteiger partial charge in [-0.15, -0.1) is 11.3 Å². The Hall–Kier alpha value is -0.0600. The van der Waals surface area contributed by atoms with Crippen molar-refractivity contribution in [2.24, 2.45) is 0 Å². The molecule has 0 saturated heterocycles. The lowest BCUT2D eigenvalue weighted by Crippen LogP contribution is -2.15. The molecule has 4 heteroatoms. The van der Waals surface area contributed by atoms with Gasteiger partial charge >= 0.3 is 0 Å². The smallest absolute Gasteiger partial charge is 0.0959 e. The molecule has 0 aromatic carbocycles. The zero-order valence-corrected chi connectivity index (χ0v) is 10.1. The van der Waals surface area contributed by atoms with Crippen LogP contribution in [-0.4, -0.2) is 23.5 Å². The van der Waals surface area contributed by atoms with Gasteiger partial charge < -0.3 is 5.32 Å². The minimum absolute atomic E-state index is 0.806. The molecule has 0 radical (unpaired) electrons. The van der Waals surface area contributed by atoms with E-state index >= 15 is 0 Å². The van der Waals surface area contributed by atoms with Gasteiger partial charge in [0.15, 0.2) is 0 Å². The van der Waals surface area contributed by atoms with Crippen LogP contribution >= 0.6 is 23.1 Å². The van der Waals surface area contributed by atoms with Crippen molar-refractivity contribution in [2.45, 2.75) is 25.3 Å². The molecule has 0 bridgehead atoms. The Kier molecular flexibility index (Phi) is 3.84. The van der Waals surface area contributed by atoms with Crippen LogP contribution in [0.2, 0.25) is 0 Å². The average Bonchev–Trinajstić information content (AvgIpc) is 2.94. The van der Waals surface area contributed by atoms with Gasteiger partial charge in [-0.05, 0) is 19.1 Å². The van der Waals surface area contributed by atoms with E-state index < -0.39 is 0 Å². The minimum Gasteiger partial charge on any atom is -0.311 e. The van der Waals surface area contributed by atoms with E-state index in [0.29, 0.717) is 0 Å². The third-order valence-corrected chi connectivity index (χ3v) is 4.05. The summed E-state index contributed by atoms with van der Waals surface area (Å²) in [6, 6.07) is 0. The molecule has 0 amide bonds. The molecule has 1 N–H and O–H groups in total. The summed E-state index contributed by atoms with van der Waals surface area (Å²) in [4.78, 5) is 5.83. The van der Waals surface area contributed by atoms with E-state index in [0.717, 1.165) is 19.0 Å². The molecule has 1 fully saturated rings. The van der Waals surface area contributed by atoms with Crippen molar-refractivity contribution in [1.82, 2.24) is 10.3 Å². The van der Waals surface area contributed by atoms with Gasteiger partial charge in [-0.1, -0.05) is 0 Å². The third kappa shape index (κ3) is 2.97. The lowest BCUT2D eigenvalue weighted by atomic mass is 10.5. The summed E-state index contributed by atoms with van der Waals surface area (Å²) in [7, 11) is 0. The predicted octanol–water partition coefficient (Wildman–Crippen LogP) is 2.47. The molecule has 14 heavy (non-hydrogen) atoms. The molecule has 1 aromatic heterocycles. The van der Waals surface area contributed by atoms with Crippen LogP contribution < -0.4 is 5.32 Å². The molecule has 2 rings (SSSR count). The third-order valence-electron chi connectivity index (χ3n) is 2.28. The normalized spacial score (nSPS) is 16.1. The fraction of sp³-hybridized carbons (Fsp3) is 0.700. The summed E-state index contributed by atoms with van der Waals surface area (Å²) in [6.45, 7) is 2.09. The second kappa shape index (κ2) is 5.14. The number of hydrogen-bond donors (Lipinski definition) is 1. The standard InChI is InChI=1S/C10H16N2S2/c1-13-5-4-11-6-9-7-12-10(14-9)8-2-3-8/h7-8,11H,2-6H2,1H3. The molecule has 1 saturated carbocycles. The highest BCUT2D eigenvalue weighted by molar-refractivity contribution is 7.98. The molecule has 0 atom stereocenters. The van der Waals surface area contributed by atoms with Crippen LogP contribution in [0.3, 0.4) is 0 Å². The highest BCUT2D eigenvalue weighted by atomic mass is 32.2. The van der Waals surface area contributed by atoms with E-state index in [1.165, 1.54) is 28.5 Å². The molecule has 1 aromatic rings. The maximum Gasteiger partial charge on any atom is 0.0959 e. The number of nitrogens with zero attached hydrogens (tertiary/aromatic N) is 1. The van der Waals surface area contributed by atoms with E-state index in [1.54, 1.807) is 0 Å². The van der Waals surface area contributed by atoms with Crippen molar-refractivity contribution in [3.63, 3.8) is 0 Å². The van der Waals surface area contributed by atoms with Crippen LogP contribution in [0.25, 0.3) is 0 Å². The first kappa shape index (κ1) is 10.5.